The molecule has 1 aliphatic heterocycles. The molecule has 1 fully saturated rings. The van der Waals surface area contributed by atoms with E-state index in [9.17, 15) is 0 Å². The highest BCUT2D eigenvalue weighted by molar-refractivity contribution is 4.74. The highest BCUT2D eigenvalue weighted by atomic mass is 16.5. The van der Waals surface area contributed by atoms with Gasteiger partial charge in [0.05, 0.1) is 0 Å². The Morgan fingerprint density at radius 1 is 0.857 bits per heavy atom. The third-order valence-corrected chi connectivity index (χ3v) is 4.97. The molecular weight excluding hydrogens is 258 g/mol. The molecule has 2 heteroatoms. The first-order valence-corrected chi connectivity index (χ1v) is 9.65. The minimum atomic E-state index is 0.674. The zero-order valence-electron chi connectivity index (χ0n) is 14.7. The molecule has 0 bridgehead atoms. The third-order valence-electron chi connectivity index (χ3n) is 4.97. The van der Waals surface area contributed by atoms with Crippen molar-refractivity contribution >= 4 is 0 Å². The maximum Gasteiger partial charge on any atom is 0.0469 e. The minimum Gasteiger partial charge on any atom is -0.381 e. The summed E-state index contributed by atoms with van der Waals surface area (Å²) in [4.78, 5) is 0. The molecule has 1 atom stereocenters. The molecule has 1 rings (SSSR count). The molecule has 126 valence electrons. The van der Waals surface area contributed by atoms with Crippen LogP contribution in [0.15, 0.2) is 0 Å². The third kappa shape index (κ3) is 10.3. The summed E-state index contributed by atoms with van der Waals surface area (Å²) in [5, 5.41) is 3.72. The van der Waals surface area contributed by atoms with Gasteiger partial charge in [-0.3, -0.25) is 0 Å². The fourth-order valence-electron chi connectivity index (χ4n) is 3.32. The van der Waals surface area contributed by atoms with Crippen molar-refractivity contribution in [3.8, 4) is 0 Å². The summed E-state index contributed by atoms with van der Waals surface area (Å²) in [5.74, 6) is 0.835. The highest BCUT2D eigenvalue weighted by Crippen LogP contribution is 2.18. The number of unbranched alkanes of at least 4 members (excludes halogenated alkanes) is 9. The van der Waals surface area contributed by atoms with E-state index in [0.29, 0.717) is 6.04 Å². The van der Waals surface area contributed by atoms with E-state index in [1.165, 1.54) is 83.6 Å². The summed E-state index contributed by atoms with van der Waals surface area (Å²) in [6, 6.07) is 0.674. The van der Waals surface area contributed by atoms with Gasteiger partial charge in [0, 0.05) is 19.3 Å². The van der Waals surface area contributed by atoms with Crippen LogP contribution >= 0.6 is 0 Å². The van der Waals surface area contributed by atoms with Gasteiger partial charge in [-0.05, 0) is 38.6 Å². The Bertz CT molecular complexity index is 214. The van der Waals surface area contributed by atoms with Crippen molar-refractivity contribution in [2.24, 2.45) is 5.92 Å². The van der Waals surface area contributed by atoms with E-state index in [1.54, 1.807) is 0 Å². The Balaban J connectivity index is 1.79. The fraction of sp³-hybridized carbons (Fsp3) is 1.00. The number of nitrogens with one attached hydrogen (secondary N) is 1. The molecular formula is C19H39NO. The lowest BCUT2D eigenvalue weighted by molar-refractivity contribution is 0.0560. The van der Waals surface area contributed by atoms with E-state index in [4.69, 9.17) is 4.74 Å². The van der Waals surface area contributed by atoms with Gasteiger partial charge >= 0.3 is 0 Å². The molecule has 0 saturated carbocycles. The fourth-order valence-corrected chi connectivity index (χ4v) is 3.32. The topological polar surface area (TPSA) is 21.3 Å². The van der Waals surface area contributed by atoms with Crippen molar-refractivity contribution in [3.63, 3.8) is 0 Å². The van der Waals surface area contributed by atoms with Crippen LogP contribution in [-0.4, -0.2) is 25.8 Å². The standard InChI is InChI=1S/C19H39NO/c1-3-4-5-6-7-8-9-10-11-12-15-20-18(2)19-13-16-21-17-14-19/h18-20H,3-17H2,1-2H3. The number of hydrogen-bond donors (Lipinski definition) is 1. The van der Waals surface area contributed by atoms with Crippen LogP contribution in [0.25, 0.3) is 0 Å². The predicted octanol–water partition coefficient (Wildman–Crippen LogP) is 5.31. The smallest absolute Gasteiger partial charge is 0.0469 e. The van der Waals surface area contributed by atoms with Crippen molar-refractivity contribution < 1.29 is 4.74 Å². The van der Waals surface area contributed by atoms with Crippen molar-refractivity contribution in [2.45, 2.75) is 96.9 Å². The second kappa shape index (κ2) is 13.6. The van der Waals surface area contributed by atoms with Crippen molar-refractivity contribution in [3.05, 3.63) is 0 Å². The molecule has 1 aliphatic rings. The quantitative estimate of drug-likeness (QED) is 0.465. The minimum absolute atomic E-state index is 0.674. The molecule has 1 saturated heterocycles. The van der Waals surface area contributed by atoms with E-state index in [0.717, 1.165) is 19.1 Å². The molecule has 0 radical (unpaired) electrons. The normalized spacial score (nSPS) is 18.0. The molecule has 1 unspecified atom stereocenters. The first kappa shape index (κ1) is 19.0. The van der Waals surface area contributed by atoms with Crippen LogP contribution in [-0.2, 0) is 4.74 Å². The van der Waals surface area contributed by atoms with Crippen LogP contribution in [0.5, 0.6) is 0 Å². The lowest BCUT2D eigenvalue weighted by atomic mass is 9.93. The van der Waals surface area contributed by atoms with Gasteiger partial charge in [-0.1, -0.05) is 64.7 Å². The summed E-state index contributed by atoms with van der Waals surface area (Å²) in [5.41, 5.74) is 0. The SMILES string of the molecule is CCCCCCCCCCCCNC(C)C1CCOCC1. The molecule has 1 N–H and O–H groups in total. The summed E-state index contributed by atoms with van der Waals surface area (Å²) in [7, 11) is 0. The molecule has 1 heterocycles. The van der Waals surface area contributed by atoms with Gasteiger partial charge in [0.25, 0.3) is 0 Å². The van der Waals surface area contributed by atoms with E-state index >= 15 is 0 Å². The van der Waals surface area contributed by atoms with E-state index in [-0.39, 0.29) is 0 Å². The molecule has 0 amide bonds. The van der Waals surface area contributed by atoms with Gasteiger partial charge in [-0.25, -0.2) is 0 Å². The molecule has 0 aromatic heterocycles. The lowest BCUT2D eigenvalue weighted by Gasteiger charge is -2.28. The number of hydrogen-bond acceptors (Lipinski definition) is 2. The van der Waals surface area contributed by atoms with Crippen LogP contribution < -0.4 is 5.32 Å². The molecule has 21 heavy (non-hydrogen) atoms. The number of ether oxygens (including phenoxy) is 1. The first-order chi connectivity index (χ1) is 10.3. The summed E-state index contributed by atoms with van der Waals surface area (Å²) in [6.45, 7) is 7.78. The van der Waals surface area contributed by atoms with E-state index in [1.807, 2.05) is 0 Å². The van der Waals surface area contributed by atoms with Crippen LogP contribution in [0, 0.1) is 5.92 Å². The highest BCUT2D eigenvalue weighted by Gasteiger charge is 2.19. The van der Waals surface area contributed by atoms with Gasteiger partial charge in [-0.15, -0.1) is 0 Å². The monoisotopic (exact) mass is 297 g/mol. The average molecular weight is 298 g/mol. The average Bonchev–Trinajstić information content (AvgIpc) is 2.53. The Morgan fingerprint density at radius 3 is 1.95 bits per heavy atom. The molecule has 0 aromatic rings. The van der Waals surface area contributed by atoms with Crippen LogP contribution in [0.3, 0.4) is 0 Å². The van der Waals surface area contributed by atoms with Gasteiger partial charge in [0.2, 0.25) is 0 Å². The zero-order valence-corrected chi connectivity index (χ0v) is 14.7. The van der Waals surface area contributed by atoms with Crippen LogP contribution in [0.4, 0.5) is 0 Å². The van der Waals surface area contributed by atoms with Crippen molar-refractivity contribution in [1.82, 2.24) is 5.32 Å². The van der Waals surface area contributed by atoms with E-state index in [2.05, 4.69) is 19.2 Å². The van der Waals surface area contributed by atoms with Crippen molar-refractivity contribution in [2.75, 3.05) is 19.8 Å². The Morgan fingerprint density at radius 2 is 1.38 bits per heavy atom. The van der Waals surface area contributed by atoms with Gasteiger partial charge in [-0.2, -0.15) is 0 Å². The maximum atomic E-state index is 5.43. The molecule has 0 aliphatic carbocycles. The van der Waals surface area contributed by atoms with Crippen LogP contribution in [0.1, 0.15) is 90.9 Å². The molecule has 0 spiro atoms. The van der Waals surface area contributed by atoms with E-state index < -0.39 is 0 Å². The zero-order chi connectivity index (χ0) is 15.2. The van der Waals surface area contributed by atoms with Gasteiger partial charge in [0.15, 0.2) is 0 Å². The predicted molar refractivity (Wildman–Crippen MR) is 92.9 cm³/mol. The van der Waals surface area contributed by atoms with Gasteiger partial charge < -0.3 is 10.1 Å². The maximum absolute atomic E-state index is 5.43. The summed E-state index contributed by atoms with van der Waals surface area (Å²) < 4.78 is 5.43. The largest absolute Gasteiger partial charge is 0.381 e. The molecule has 0 aromatic carbocycles. The summed E-state index contributed by atoms with van der Waals surface area (Å²) >= 11 is 0. The summed E-state index contributed by atoms with van der Waals surface area (Å²) in [6.07, 6.45) is 16.7. The van der Waals surface area contributed by atoms with Crippen molar-refractivity contribution in [1.29, 1.82) is 0 Å². The second-order valence-corrected chi connectivity index (χ2v) is 6.87. The Kier molecular flexibility index (Phi) is 12.3. The Hall–Kier alpha value is -0.0800. The second-order valence-electron chi connectivity index (χ2n) is 6.87. The van der Waals surface area contributed by atoms with Gasteiger partial charge in [0.1, 0.15) is 0 Å². The molecule has 2 nitrogen and oxygen atoms in total. The first-order valence-electron chi connectivity index (χ1n) is 9.65. The Labute approximate surface area is 133 Å². The number of rotatable bonds is 13. The lowest BCUT2D eigenvalue weighted by Crippen LogP contribution is -2.37. The van der Waals surface area contributed by atoms with Crippen LogP contribution in [0.2, 0.25) is 0 Å².